The zero-order valence-electron chi connectivity index (χ0n) is 13.3. The molecular weight excluding hydrogens is 534 g/mol. The molecule has 10 heteroatoms. The Morgan fingerprint density at radius 3 is 2.41 bits per heavy atom. The van der Waals surface area contributed by atoms with Gasteiger partial charge in [0.1, 0.15) is 10.0 Å². The lowest BCUT2D eigenvalue weighted by Gasteiger charge is -2.14. The van der Waals surface area contributed by atoms with Crippen molar-refractivity contribution in [3.8, 4) is 0 Å². The van der Waals surface area contributed by atoms with E-state index >= 15 is 0 Å². The second kappa shape index (κ2) is 7.98. The van der Waals surface area contributed by atoms with Crippen LogP contribution >= 0.6 is 45.5 Å². The number of hydrogen-bond acceptors (Lipinski definition) is 3. The van der Waals surface area contributed by atoms with Crippen LogP contribution in [-0.2, 0) is 16.4 Å². The molecule has 3 aromatic rings. The van der Waals surface area contributed by atoms with Crippen LogP contribution in [0, 0.1) is 21.0 Å². The molecule has 0 aliphatic heterocycles. The minimum atomic E-state index is -4.05. The first kappa shape index (κ1) is 20.4. The van der Waals surface area contributed by atoms with E-state index in [-0.39, 0.29) is 31.8 Å². The zero-order valence-corrected chi connectivity index (χ0v) is 17.8. The van der Waals surface area contributed by atoms with Crippen LogP contribution in [0.1, 0.15) is 11.1 Å². The van der Waals surface area contributed by atoms with Crippen molar-refractivity contribution in [3.63, 3.8) is 0 Å². The molecule has 0 unspecified atom stereocenters. The first-order valence-corrected chi connectivity index (χ1v) is 11.1. The molecule has 0 aliphatic rings. The highest BCUT2D eigenvalue weighted by Crippen LogP contribution is 2.31. The average Bonchev–Trinajstić information content (AvgIpc) is 3.03. The van der Waals surface area contributed by atoms with E-state index in [1.165, 1.54) is 24.3 Å². The van der Waals surface area contributed by atoms with Crippen molar-refractivity contribution >= 4 is 61.2 Å². The topological polar surface area (TPSA) is 46.2 Å². The van der Waals surface area contributed by atoms with E-state index in [1.54, 1.807) is 6.07 Å². The summed E-state index contributed by atoms with van der Waals surface area (Å²) in [5.74, 6) is -2.99. The van der Waals surface area contributed by atoms with Crippen LogP contribution in [0.2, 0.25) is 4.34 Å². The van der Waals surface area contributed by atoms with Crippen LogP contribution in [0.5, 0.6) is 0 Å². The van der Waals surface area contributed by atoms with Gasteiger partial charge in [-0.25, -0.2) is 21.6 Å². The van der Waals surface area contributed by atoms with E-state index < -0.39 is 27.5 Å². The van der Waals surface area contributed by atoms with Gasteiger partial charge in [-0.2, -0.15) is 0 Å². The smallest absolute Gasteiger partial charge is 0.271 e. The Bertz CT molecular complexity index is 1120. The predicted octanol–water partition coefficient (Wildman–Crippen LogP) is 5.82. The number of anilines is 1. The standard InChI is InChI=1S/C17H10ClF3INO2S2/c18-15-5-6-16(26-15)27(24,25)23-14-4-3-12(19)17(21)11(14)7-9-1-2-10(22)8-13(9)20/h1-6,8,23H,7H2. The molecule has 2 aromatic carbocycles. The summed E-state index contributed by atoms with van der Waals surface area (Å²) < 4.78 is 70.3. The van der Waals surface area contributed by atoms with E-state index in [1.807, 2.05) is 22.6 Å². The monoisotopic (exact) mass is 543 g/mol. The third-order valence-corrected chi connectivity index (χ3v) is 7.40. The van der Waals surface area contributed by atoms with Gasteiger partial charge in [-0.1, -0.05) is 17.7 Å². The molecule has 0 aliphatic carbocycles. The number of nitrogens with one attached hydrogen (secondary N) is 1. The fourth-order valence-electron chi connectivity index (χ4n) is 2.35. The number of hydrogen-bond donors (Lipinski definition) is 1. The molecule has 27 heavy (non-hydrogen) atoms. The highest BCUT2D eigenvalue weighted by atomic mass is 127. The predicted molar refractivity (Wildman–Crippen MR) is 108 cm³/mol. The highest BCUT2D eigenvalue weighted by molar-refractivity contribution is 14.1. The summed E-state index contributed by atoms with van der Waals surface area (Å²) in [6.45, 7) is 0. The van der Waals surface area contributed by atoms with Crippen molar-refractivity contribution in [2.75, 3.05) is 4.72 Å². The quantitative estimate of drug-likeness (QED) is 0.413. The molecule has 3 nitrogen and oxygen atoms in total. The molecule has 0 fully saturated rings. The molecular formula is C17H10ClF3INO2S2. The minimum Gasteiger partial charge on any atom is -0.279 e. The Kier molecular flexibility index (Phi) is 6.04. The largest absolute Gasteiger partial charge is 0.279 e. The normalized spacial score (nSPS) is 11.6. The van der Waals surface area contributed by atoms with E-state index in [0.29, 0.717) is 3.57 Å². The van der Waals surface area contributed by atoms with E-state index in [2.05, 4.69) is 4.72 Å². The Morgan fingerprint density at radius 2 is 1.78 bits per heavy atom. The van der Waals surface area contributed by atoms with Gasteiger partial charge < -0.3 is 0 Å². The van der Waals surface area contributed by atoms with Crippen LogP contribution in [0.4, 0.5) is 18.9 Å². The molecule has 1 N–H and O–H groups in total. The molecule has 0 atom stereocenters. The van der Waals surface area contributed by atoms with Gasteiger partial charge in [0.25, 0.3) is 10.0 Å². The van der Waals surface area contributed by atoms with Gasteiger partial charge in [-0.05, 0) is 64.6 Å². The van der Waals surface area contributed by atoms with Crippen molar-refractivity contribution in [2.45, 2.75) is 10.6 Å². The maximum absolute atomic E-state index is 14.4. The molecule has 3 rings (SSSR count). The second-order valence-electron chi connectivity index (χ2n) is 5.46. The molecule has 0 spiro atoms. The molecule has 0 saturated heterocycles. The summed E-state index contributed by atoms with van der Waals surface area (Å²) in [6.07, 6.45) is -0.324. The molecule has 0 radical (unpaired) electrons. The summed E-state index contributed by atoms with van der Waals surface area (Å²) >= 11 is 8.50. The summed E-state index contributed by atoms with van der Waals surface area (Å²) in [6, 6.07) is 8.94. The fourth-order valence-corrected chi connectivity index (χ4v) is 5.38. The van der Waals surface area contributed by atoms with Crippen LogP contribution < -0.4 is 4.72 Å². The van der Waals surface area contributed by atoms with Crippen molar-refractivity contribution in [1.29, 1.82) is 0 Å². The molecule has 142 valence electrons. The Balaban J connectivity index is 2.02. The van der Waals surface area contributed by atoms with Gasteiger partial charge in [0.05, 0.1) is 10.0 Å². The van der Waals surface area contributed by atoms with Crippen molar-refractivity contribution in [1.82, 2.24) is 0 Å². The van der Waals surface area contributed by atoms with Crippen molar-refractivity contribution < 1.29 is 21.6 Å². The third-order valence-electron chi connectivity index (χ3n) is 3.64. The van der Waals surface area contributed by atoms with Crippen molar-refractivity contribution in [2.24, 2.45) is 0 Å². The molecule has 0 bridgehead atoms. The highest BCUT2D eigenvalue weighted by Gasteiger charge is 2.22. The molecule has 0 amide bonds. The van der Waals surface area contributed by atoms with Crippen LogP contribution in [0.15, 0.2) is 46.7 Å². The molecule has 1 aromatic heterocycles. The zero-order chi connectivity index (χ0) is 19.8. The number of sulfonamides is 1. The van der Waals surface area contributed by atoms with Gasteiger partial charge in [0.2, 0.25) is 0 Å². The van der Waals surface area contributed by atoms with Crippen LogP contribution in [0.3, 0.4) is 0 Å². The maximum atomic E-state index is 14.4. The number of rotatable bonds is 5. The van der Waals surface area contributed by atoms with Crippen LogP contribution in [0.25, 0.3) is 0 Å². The number of halogens is 5. The first-order valence-electron chi connectivity index (χ1n) is 7.36. The second-order valence-corrected chi connectivity index (χ2v) is 10.3. The lowest BCUT2D eigenvalue weighted by Crippen LogP contribution is -2.14. The van der Waals surface area contributed by atoms with E-state index in [4.69, 9.17) is 11.6 Å². The Labute approximate surface area is 176 Å². The number of benzene rings is 2. The first-order chi connectivity index (χ1) is 12.7. The van der Waals surface area contributed by atoms with E-state index in [9.17, 15) is 21.6 Å². The van der Waals surface area contributed by atoms with Crippen molar-refractivity contribution in [3.05, 3.63) is 78.9 Å². The third kappa shape index (κ3) is 4.58. The Morgan fingerprint density at radius 1 is 1.04 bits per heavy atom. The molecule has 0 saturated carbocycles. The van der Waals surface area contributed by atoms with Gasteiger partial charge >= 0.3 is 0 Å². The van der Waals surface area contributed by atoms with Gasteiger partial charge in [-0.15, -0.1) is 11.3 Å². The van der Waals surface area contributed by atoms with Crippen LogP contribution in [-0.4, -0.2) is 8.42 Å². The van der Waals surface area contributed by atoms with Gasteiger partial charge in [0, 0.05) is 15.6 Å². The maximum Gasteiger partial charge on any atom is 0.271 e. The summed E-state index contributed by atoms with van der Waals surface area (Å²) in [5, 5.41) is 0. The summed E-state index contributed by atoms with van der Waals surface area (Å²) in [5.41, 5.74) is -0.350. The van der Waals surface area contributed by atoms with Gasteiger partial charge in [-0.3, -0.25) is 4.72 Å². The van der Waals surface area contributed by atoms with E-state index in [0.717, 1.165) is 23.5 Å². The lowest BCUT2D eigenvalue weighted by atomic mass is 10.0. The van der Waals surface area contributed by atoms with Gasteiger partial charge in [0.15, 0.2) is 11.6 Å². The molecule has 1 heterocycles. The fraction of sp³-hybridized carbons (Fsp3) is 0.0588. The SMILES string of the molecule is O=S(=O)(Nc1ccc(F)c(F)c1Cc1ccc(I)cc1F)c1ccc(Cl)s1. The lowest BCUT2D eigenvalue weighted by molar-refractivity contribution is 0.500. The number of thiophene rings is 1. The summed E-state index contributed by atoms with van der Waals surface area (Å²) in [7, 11) is -4.05. The summed E-state index contributed by atoms with van der Waals surface area (Å²) in [4.78, 5) is 0. The minimum absolute atomic E-state index is 0.0800. The Hall–Kier alpha value is -1.30. The average molecular weight is 544 g/mol.